The van der Waals surface area contributed by atoms with Gasteiger partial charge in [-0.2, -0.15) is 0 Å². The Bertz CT molecular complexity index is 2420. The first kappa shape index (κ1) is 22.8. The van der Waals surface area contributed by atoms with Crippen LogP contribution in [0.1, 0.15) is 0 Å². The van der Waals surface area contributed by atoms with E-state index < -0.39 is 0 Å². The van der Waals surface area contributed by atoms with Gasteiger partial charge in [0.05, 0.1) is 0 Å². The molecule has 0 saturated heterocycles. The summed E-state index contributed by atoms with van der Waals surface area (Å²) in [5.41, 5.74) is 5.17. The molecule has 0 spiro atoms. The van der Waals surface area contributed by atoms with Gasteiger partial charge in [0.25, 0.3) is 0 Å². The summed E-state index contributed by atoms with van der Waals surface area (Å²) >= 11 is 1.87. The largest absolute Gasteiger partial charge is 0.135 e. The van der Waals surface area contributed by atoms with E-state index in [1.165, 1.54) is 85.5 Å². The highest BCUT2D eigenvalue weighted by molar-refractivity contribution is 7.25. The van der Waals surface area contributed by atoms with Gasteiger partial charge >= 0.3 is 0 Å². The molecule has 0 N–H and O–H groups in total. The van der Waals surface area contributed by atoms with Gasteiger partial charge in [-0.15, -0.1) is 11.3 Å². The molecular formula is C40H24S. The van der Waals surface area contributed by atoms with Crippen molar-refractivity contribution in [3.05, 3.63) is 146 Å². The van der Waals surface area contributed by atoms with Gasteiger partial charge in [0.1, 0.15) is 0 Å². The Balaban J connectivity index is 1.44. The van der Waals surface area contributed by atoms with Crippen LogP contribution >= 0.6 is 11.3 Å². The number of benzene rings is 8. The molecule has 41 heavy (non-hydrogen) atoms. The Morgan fingerprint density at radius 3 is 1.54 bits per heavy atom. The second-order valence-electron chi connectivity index (χ2n) is 10.8. The molecule has 0 nitrogen and oxygen atoms in total. The zero-order valence-electron chi connectivity index (χ0n) is 22.3. The van der Waals surface area contributed by atoms with Crippen LogP contribution in [0.5, 0.6) is 0 Å². The van der Waals surface area contributed by atoms with Gasteiger partial charge in [-0.05, 0) is 89.6 Å². The average molecular weight is 537 g/mol. The monoisotopic (exact) mass is 536 g/mol. The van der Waals surface area contributed by atoms with E-state index in [1.807, 2.05) is 11.3 Å². The van der Waals surface area contributed by atoms with E-state index in [-0.39, 0.29) is 0 Å². The SMILES string of the molecule is c1ccc2c(c1)cc(-c1c3ccccc3c(-c3ccc4sc5ccccc5c4c3)c3ccccc13)c1ccccc12. The van der Waals surface area contributed by atoms with Crippen LogP contribution in [0, 0.1) is 0 Å². The third-order valence-corrected chi connectivity index (χ3v) is 9.79. The molecule has 1 heterocycles. The predicted octanol–water partition coefficient (Wildman–Crippen LogP) is 12.0. The van der Waals surface area contributed by atoms with Crippen molar-refractivity contribution in [3.8, 4) is 22.3 Å². The smallest absolute Gasteiger partial charge is 0.0355 e. The zero-order valence-corrected chi connectivity index (χ0v) is 23.1. The molecule has 8 aromatic carbocycles. The van der Waals surface area contributed by atoms with Gasteiger partial charge in [-0.25, -0.2) is 0 Å². The van der Waals surface area contributed by atoms with Crippen molar-refractivity contribution in [2.24, 2.45) is 0 Å². The summed E-state index contributed by atoms with van der Waals surface area (Å²) in [4.78, 5) is 0. The molecule has 0 atom stereocenters. The predicted molar refractivity (Wildman–Crippen MR) is 180 cm³/mol. The zero-order chi connectivity index (χ0) is 26.9. The fraction of sp³-hybridized carbons (Fsp3) is 0. The summed E-state index contributed by atoms with van der Waals surface area (Å²) in [6.07, 6.45) is 0. The van der Waals surface area contributed by atoms with Crippen molar-refractivity contribution in [1.82, 2.24) is 0 Å². The van der Waals surface area contributed by atoms with Gasteiger partial charge in [-0.3, -0.25) is 0 Å². The molecule has 0 aliphatic carbocycles. The lowest BCUT2D eigenvalue weighted by molar-refractivity contribution is 1.70. The quantitative estimate of drug-likeness (QED) is 0.152. The van der Waals surface area contributed by atoms with Crippen LogP contribution in [0.2, 0.25) is 0 Å². The normalized spacial score (nSPS) is 11.9. The second kappa shape index (κ2) is 8.76. The minimum atomic E-state index is 1.27. The van der Waals surface area contributed by atoms with Gasteiger partial charge < -0.3 is 0 Å². The maximum absolute atomic E-state index is 2.41. The highest BCUT2D eigenvalue weighted by atomic mass is 32.1. The fourth-order valence-corrected chi connectivity index (χ4v) is 7.96. The van der Waals surface area contributed by atoms with E-state index >= 15 is 0 Å². The lowest BCUT2D eigenvalue weighted by Gasteiger charge is -2.19. The van der Waals surface area contributed by atoms with Crippen LogP contribution in [0.3, 0.4) is 0 Å². The van der Waals surface area contributed by atoms with Gasteiger partial charge in [0.15, 0.2) is 0 Å². The molecule has 1 heteroatoms. The van der Waals surface area contributed by atoms with Crippen LogP contribution < -0.4 is 0 Å². The Morgan fingerprint density at radius 2 is 0.829 bits per heavy atom. The summed E-state index contributed by atoms with van der Waals surface area (Å²) in [6.45, 7) is 0. The number of rotatable bonds is 2. The summed E-state index contributed by atoms with van der Waals surface area (Å²) in [5.74, 6) is 0. The van der Waals surface area contributed by atoms with Crippen molar-refractivity contribution in [3.63, 3.8) is 0 Å². The van der Waals surface area contributed by atoms with Gasteiger partial charge in [0.2, 0.25) is 0 Å². The number of hydrogen-bond donors (Lipinski definition) is 0. The summed E-state index contributed by atoms with van der Waals surface area (Å²) in [6, 6.07) is 53.8. The minimum absolute atomic E-state index is 1.27. The number of thiophene rings is 1. The van der Waals surface area contributed by atoms with E-state index in [2.05, 4.69) is 146 Å². The van der Waals surface area contributed by atoms with Crippen LogP contribution in [-0.4, -0.2) is 0 Å². The van der Waals surface area contributed by atoms with Crippen LogP contribution in [0.25, 0.3) is 85.5 Å². The van der Waals surface area contributed by atoms with Gasteiger partial charge in [0, 0.05) is 20.2 Å². The average Bonchev–Trinajstić information content (AvgIpc) is 3.41. The lowest BCUT2D eigenvalue weighted by Crippen LogP contribution is -1.92. The minimum Gasteiger partial charge on any atom is -0.135 e. The van der Waals surface area contributed by atoms with Crippen molar-refractivity contribution < 1.29 is 0 Å². The highest BCUT2D eigenvalue weighted by Gasteiger charge is 2.19. The molecule has 9 rings (SSSR count). The molecule has 0 saturated carbocycles. The maximum atomic E-state index is 2.41. The van der Waals surface area contributed by atoms with E-state index in [1.54, 1.807) is 0 Å². The molecule has 0 aliphatic heterocycles. The van der Waals surface area contributed by atoms with Crippen LogP contribution in [0.15, 0.2) is 146 Å². The molecule has 0 amide bonds. The topological polar surface area (TPSA) is 0 Å². The molecular weight excluding hydrogens is 513 g/mol. The third-order valence-electron chi connectivity index (χ3n) is 8.63. The van der Waals surface area contributed by atoms with Crippen LogP contribution in [-0.2, 0) is 0 Å². The number of fused-ring (bicyclic) bond motifs is 8. The molecule has 0 unspecified atom stereocenters. The third kappa shape index (κ3) is 3.33. The highest BCUT2D eigenvalue weighted by Crippen LogP contribution is 2.47. The van der Waals surface area contributed by atoms with Gasteiger partial charge in [-0.1, -0.05) is 121 Å². The summed E-state index contributed by atoms with van der Waals surface area (Å²) < 4.78 is 2.68. The Kier molecular flexibility index (Phi) is 4.87. The van der Waals surface area contributed by atoms with Crippen molar-refractivity contribution >= 4 is 74.6 Å². The van der Waals surface area contributed by atoms with E-state index in [4.69, 9.17) is 0 Å². The van der Waals surface area contributed by atoms with Crippen molar-refractivity contribution in [2.75, 3.05) is 0 Å². The molecule has 190 valence electrons. The second-order valence-corrected chi connectivity index (χ2v) is 11.9. The van der Waals surface area contributed by atoms with Crippen molar-refractivity contribution in [2.45, 2.75) is 0 Å². The van der Waals surface area contributed by atoms with Crippen molar-refractivity contribution in [1.29, 1.82) is 0 Å². The van der Waals surface area contributed by atoms with E-state index in [0.29, 0.717) is 0 Å². The first-order chi connectivity index (χ1) is 20.3. The lowest BCUT2D eigenvalue weighted by atomic mass is 9.83. The Labute approximate surface area is 241 Å². The Hall–Kier alpha value is -4.98. The molecule has 1 aromatic heterocycles. The summed E-state index contributed by atoms with van der Waals surface area (Å²) in [7, 11) is 0. The maximum Gasteiger partial charge on any atom is 0.0355 e. The van der Waals surface area contributed by atoms with E-state index in [9.17, 15) is 0 Å². The Morgan fingerprint density at radius 1 is 0.317 bits per heavy atom. The first-order valence-electron chi connectivity index (χ1n) is 14.1. The standard InChI is InChI=1S/C40H24S/c1-2-12-27-25(11-1)23-36(29-14-4-3-13-28(27)29)40-33-18-7-5-16-31(33)39(32-17-6-8-19-34(32)40)26-21-22-38-35(24-26)30-15-9-10-20-37(30)41-38/h1-24H. The van der Waals surface area contributed by atoms with Crippen LogP contribution in [0.4, 0.5) is 0 Å². The molecule has 0 radical (unpaired) electrons. The first-order valence-corrected chi connectivity index (χ1v) is 14.9. The molecule has 0 bridgehead atoms. The molecule has 9 aromatic rings. The van der Waals surface area contributed by atoms with E-state index in [0.717, 1.165) is 0 Å². The molecule has 0 aliphatic rings. The number of hydrogen-bond acceptors (Lipinski definition) is 1. The fourth-order valence-electron chi connectivity index (χ4n) is 6.87. The molecule has 0 fully saturated rings. The summed E-state index contributed by atoms with van der Waals surface area (Å²) in [5, 5.41) is 13.0.